The minimum Gasteiger partial charge on any atom is -0.490 e. The van der Waals surface area contributed by atoms with Crippen molar-refractivity contribution in [1.29, 1.82) is 0 Å². The Morgan fingerprint density at radius 2 is 1.90 bits per heavy atom. The van der Waals surface area contributed by atoms with Crippen LogP contribution in [0.5, 0.6) is 5.75 Å². The van der Waals surface area contributed by atoms with E-state index >= 15 is 0 Å². The summed E-state index contributed by atoms with van der Waals surface area (Å²) in [7, 11) is 0. The number of carbonyl (C=O) groups is 1. The van der Waals surface area contributed by atoms with Gasteiger partial charge in [0.2, 0.25) is 0 Å². The average Bonchev–Trinajstić information content (AvgIpc) is 3.33. The Morgan fingerprint density at radius 3 is 2.61 bits per heavy atom. The van der Waals surface area contributed by atoms with Gasteiger partial charge in [-0.2, -0.15) is 5.10 Å². The average molecular weight is 420 g/mol. The van der Waals surface area contributed by atoms with Crippen molar-refractivity contribution in [1.82, 2.24) is 25.0 Å². The molecule has 3 heterocycles. The molecule has 1 amide bonds. The molecule has 0 spiro atoms. The SMILES string of the molecule is O=C(NCCCn1cccn1)c1ccc(OC2CCN(Cc3ccccn3)CC2)cc1. The third kappa shape index (κ3) is 6.39. The van der Waals surface area contributed by atoms with Crippen LogP contribution >= 0.6 is 0 Å². The predicted octanol–water partition coefficient (Wildman–Crippen LogP) is 3.14. The summed E-state index contributed by atoms with van der Waals surface area (Å²) < 4.78 is 8.01. The normalized spacial score (nSPS) is 15.0. The third-order valence-electron chi connectivity index (χ3n) is 5.47. The quantitative estimate of drug-likeness (QED) is 0.540. The van der Waals surface area contributed by atoms with Crippen molar-refractivity contribution < 1.29 is 9.53 Å². The van der Waals surface area contributed by atoms with Gasteiger partial charge >= 0.3 is 0 Å². The minimum atomic E-state index is -0.0603. The lowest BCUT2D eigenvalue weighted by molar-refractivity contribution is 0.0948. The van der Waals surface area contributed by atoms with E-state index in [4.69, 9.17) is 4.74 Å². The van der Waals surface area contributed by atoms with Gasteiger partial charge in [0.25, 0.3) is 5.91 Å². The molecule has 162 valence electrons. The highest BCUT2D eigenvalue weighted by Crippen LogP contribution is 2.20. The molecule has 7 heteroatoms. The fourth-order valence-corrected chi connectivity index (χ4v) is 3.76. The molecule has 0 saturated carbocycles. The van der Waals surface area contributed by atoms with Gasteiger partial charge in [-0.25, -0.2) is 0 Å². The summed E-state index contributed by atoms with van der Waals surface area (Å²) in [6.07, 6.45) is 8.56. The molecular formula is C24H29N5O2. The highest BCUT2D eigenvalue weighted by Gasteiger charge is 2.21. The molecule has 31 heavy (non-hydrogen) atoms. The lowest BCUT2D eigenvalue weighted by Gasteiger charge is -2.31. The van der Waals surface area contributed by atoms with E-state index in [9.17, 15) is 4.79 Å². The number of amides is 1. The fourth-order valence-electron chi connectivity index (χ4n) is 3.76. The minimum absolute atomic E-state index is 0.0603. The number of benzene rings is 1. The molecule has 1 aromatic carbocycles. The Bertz CT molecular complexity index is 920. The molecule has 1 aliphatic rings. The maximum absolute atomic E-state index is 12.3. The van der Waals surface area contributed by atoms with Crippen LogP contribution in [-0.2, 0) is 13.1 Å². The first kappa shape index (κ1) is 21.1. The van der Waals surface area contributed by atoms with Crippen LogP contribution in [0.25, 0.3) is 0 Å². The molecule has 1 aliphatic heterocycles. The monoisotopic (exact) mass is 419 g/mol. The molecule has 2 aromatic heterocycles. The predicted molar refractivity (Wildman–Crippen MR) is 119 cm³/mol. The van der Waals surface area contributed by atoms with Crippen molar-refractivity contribution >= 4 is 5.91 Å². The van der Waals surface area contributed by atoms with Gasteiger partial charge in [-0.1, -0.05) is 6.07 Å². The number of likely N-dealkylation sites (tertiary alicyclic amines) is 1. The molecule has 1 fully saturated rings. The van der Waals surface area contributed by atoms with Gasteiger partial charge in [0.15, 0.2) is 0 Å². The van der Waals surface area contributed by atoms with Crippen molar-refractivity contribution in [2.24, 2.45) is 0 Å². The zero-order valence-corrected chi connectivity index (χ0v) is 17.7. The summed E-state index contributed by atoms with van der Waals surface area (Å²) in [5, 5.41) is 7.11. The smallest absolute Gasteiger partial charge is 0.251 e. The van der Waals surface area contributed by atoms with E-state index in [0.29, 0.717) is 12.1 Å². The van der Waals surface area contributed by atoms with Crippen molar-refractivity contribution in [2.45, 2.75) is 38.5 Å². The summed E-state index contributed by atoms with van der Waals surface area (Å²) in [5.74, 6) is 0.758. The molecule has 0 atom stereocenters. The second-order valence-corrected chi connectivity index (χ2v) is 7.82. The first-order chi connectivity index (χ1) is 15.3. The van der Waals surface area contributed by atoms with Crippen molar-refractivity contribution in [2.75, 3.05) is 19.6 Å². The Balaban J connectivity index is 1.17. The van der Waals surface area contributed by atoms with E-state index in [1.165, 1.54) is 0 Å². The molecule has 0 bridgehead atoms. The van der Waals surface area contributed by atoms with Gasteiger partial charge < -0.3 is 10.1 Å². The number of hydrogen-bond donors (Lipinski definition) is 1. The standard InChI is InChI=1S/C24H29N5O2/c30-24(26-13-3-15-29-16-4-14-27-29)20-6-8-22(9-7-20)31-23-10-17-28(18-11-23)19-21-5-1-2-12-25-21/h1-2,4-9,12,14,16,23H,3,10-11,13,15,17-19H2,(H,26,30). The Morgan fingerprint density at radius 1 is 1.06 bits per heavy atom. The van der Waals surface area contributed by atoms with E-state index < -0.39 is 0 Å². The molecular weight excluding hydrogens is 390 g/mol. The van der Waals surface area contributed by atoms with Gasteiger partial charge in [-0.15, -0.1) is 0 Å². The summed E-state index contributed by atoms with van der Waals surface area (Å²) in [4.78, 5) is 19.1. The van der Waals surface area contributed by atoms with E-state index in [2.05, 4.69) is 26.4 Å². The van der Waals surface area contributed by atoms with Crippen LogP contribution in [-0.4, -0.2) is 51.3 Å². The number of hydrogen-bond acceptors (Lipinski definition) is 5. The molecule has 3 aromatic rings. The van der Waals surface area contributed by atoms with Crippen LogP contribution in [0.2, 0.25) is 0 Å². The highest BCUT2D eigenvalue weighted by molar-refractivity contribution is 5.94. The topological polar surface area (TPSA) is 72.3 Å². The van der Waals surface area contributed by atoms with E-state index in [-0.39, 0.29) is 12.0 Å². The van der Waals surface area contributed by atoms with Crippen molar-refractivity contribution in [3.05, 3.63) is 78.4 Å². The number of aryl methyl sites for hydroxylation is 1. The van der Waals surface area contributed by atoms with Gasteiger partial charge in [-0.05, 0) is 61.7 Å². The lowest BCUT2D eigenvalue weighted by atomic mass is 10.1. The second-order valence-electron chi connectivity index (χ2n) is 7.82. The molecule has 0 unspecified atom stereocenters. The summed E-state index contributed by atoms with van der Waals surface area (Å²) >= 11 is 0. The number of pyridine rings is 1. The first-order valence-electron chi connectivity index (χ1n) is 10.9. The van der Waals surface area contributed by atoms with Crippen LogP contribution in [0.15, 0.2) is 67.1 Å². The van der Waals surface area contributed by atoms with E-state index in [1.54, 1.807) is 6.20 Å². The van der Waals surface area contributed by atoms with Crippen LogP contribution in [0.3, 0.4) is 0 Å². The highest BCUT2D eigenvalue weighted by atomic mass is 16.5. The zero-order valence-electron chi connectivity index (χ0n) is 17.7. The summed E-state index contributed by atoms with van der Waals surface area (Å²) in [6, 6.07) is 15.4. The zero-order chi connectivity index (χ0) is 21.3. The summed E-state index contributed by atoms with van der Waals surface area (Å²) in [6.45, 7) is 4.30. The maximum Gasteiger partial charge on any atom is 0.251 e. The number of nitrogens with zero attached hydrogens (tertiary/aromatic N) is 4. The molecule has 1 N–H and O–H groups in total. The van der Waals surface area contributed by atoms with Crippen LogP contribution in [0, 0.1) is 0 Å². The molecule has 0 radical (unpaired) electrons. The fraction of sp³-hybridized carbons (Fsp3) is 0.375. The number of piperidine rings is 1. The molecule has 4 rings (SSSR count). The largest absolute Gasteiger partial charge is 0.490 e. The molecule has 7 nitrogen and oxygen atoms in total. The number of rotatable bonds is 9. The number of aromatic nitrogens is 3. The van der Waals surface area contributed by atoms with Gasteiger partial charge in [0.05, 0.1) is 5.69 Å². The maximum atomic E-state index is 12.3. The Kier molecular flexibility index (Phi) is 7.28. The number of carbonyl (C=O) groups excluding carboxylic acids is 1. The van der Waals surface area contributed by atoms with Crippen LogP contribution in [0.4, 0.5) is 0 Å². The van der Waals surface area contributed by atoms with Gasteiger partial charge in [0, 0.05) is 56.9 Å². The van der Waals surface area contributed by atoms with E-state index in [0.717, 1.165) is 56.9 Å². The lowest BCUT2D eigenvalue weighted by Crippen LogP contribution is -2.37. The van der Waals surface area contributed by atoms with Crippen LogP contribution in [0.1, 0.15) is 35.3 Å². The van der Waals surface area contributed by atoms with E-state index in [1.807, 2.05) is 59.5 Å². The third-order valence-corrected chi connectivity index (χ3v) is 5.47. The van der Waals surface area contributed by atoms with Crippen molar-refractivity contribution in [3.8, 4) is 5.75 Å². The molecule has 1 saturated heterocycles. The van der Waals surface area contributed by atoms with Crippen molar-refractivity contribution in [3.63, 3.8) is 0 Å². The molecule has 0 aliphatic carbocycles. The number of nitrogens with one attached hydrogen (secondary N) is 1. The summed E-state index contributed by atoms with van der Waals surface area (Å²) in [5.41, 5.74) is 1.76. The Hall–Kier alpha value is -3.19. The van der Waals surface area contributed by atoms with Gasteiger partial charge in [-0.3, -0.25) is 19.4 Å². The number of ether oxygens (including phenoxy) is 1. The second kappa shape index (κ2) is 10.7. The van der Waals surface area contributed by atoms with Crippen LogP contribution < -0.4 is 10.1 Å². The first-order valence-corrected chi connectivity index (χ1v) is 10.9. The Labute approximate surface area is 183 Å². The van der Waals surface area contributed by atoms with Gasteiger partial charge in [0.1, 0.15) is 11.9 Å².